The van der Waals surface area contributed by atoms with Gasteiger partial charge in [0, 0.05) is 11.0 Å². The molecule has 0 aromatic heterocycles. The molecule has 1 unspecified atom stereocenters. The number of hydrogen-bond acceptors (Lipinski definition) is 3. The summed E-state index contributed by atoms with van der Waals surface area (Å²) in [5, 5.41) is 3.75. The molecule has 2 rings (SSSR count). The van der Waals surface area contributed by atoms with Crippen molar-refractivity contribution in [1.82, 2.24) is 4.90 Å². The highest BCUT2D eigenvalue weighted by Crippen LogP contribution is 2.35. The van der Waals surface area contributed by atoms with E-state index in [2.05, 4.69) is 21.2 Å². The summed E-state index contributed by atoms with van der Waals surface area (Å²) in [6, 6.07) is 2.74. The van der Waals surface area contributed by atoms with Gasteiger partial charge in [-0.15, -0.1) is 0 Å². The molecule has 1 aliphatic rings. The Balaban J connectivity index is 2.24. The number of benzene rings is 1. The van der Waals surface area contributed by atoms with E-state index >= 15 is 0 Å². The topological polar surface area (TPSA) is 49.4 Å². The Bertz CT molecular complexity index is 528. The van der Waals surface area contributed by atoms with Gasteiger partial charge in [0.05, 0.1) is 22.2 Å². The first-order valence-corrected chi connectivity index (χ1v) is 7.24. The fourth-order valence-electron chi connectivity index (χ4n) is 1.98. The maximum Gasteiger partial charge on any atom is 0.252 e. The molecule has 7 heteroatoms. The molecule has 1 atom stereocenters. The van der Waals surface area contributed by atoms with Gasteiger partial charge in [0.2, 0.25) is 5.91 Å². The molecule has 0 bridgehead atoms. The number of carbonyl (C=O) groups excluding carboxylic acids is 2. The Hall–Kier alpha value is -0.780. The highest BCUT2D eigenvalue weighted by molar-refractivity contribution is 9.10. The van der Waals surface area contributed by atoms with Crippen molar-refractivity contribution in [2.75, 3.05) is 11.9 Å². The normalized spacial score (nSPS) is 19.2. The number of imide groups is 1. The van der Waals surface area contributed by atoms with Gasteiger partial charge in [0.15, 0.2) is 0 Å². The number of rotatable bonds is 3. The average molecular weight is 366 g/mol. The highest BCUT2D eigenvalue weighted by atomic mass is 79.9. The lowest BCUT2D eigenvalue weighted by Gasteiger charge is -2.16. The maximum atomic E-state index is 12.0. The van der Waals surface area contributed by atoms with Crippen LogP contribution in [0.1, 0.15) is 13.3 Å². The van der Waals surface area contributed by atoms with Gasteiger partial charge in [0.1, 0.15) is 6.04 Å². The van der Waals surface area contributed by atoms with E-state index in [-0.39, 0.29) is 18.2 Å². The summed E-state index contributed by atoms with van der Waals surface area (Å²) in [4.78, 5) is 24.8. The van der Waals surface area contributed by atoms with E-state index in [0.29, 0.717) is 22.3 Å². The number of likely N-dealkylation sites (tertiary alicyclic amines) is 1. The van der Waals surface area contributed by atoms with Crippen LogP contribution in [-0.2, 0) is 9.59 Å². The van der Waals surface area contributed by atoms with Gasteiger partial charge in [0.25, 0.3) is 5.91 Å². The Labute approximate surface area is 129 Å². The third kappa shape index (κ3) is 2.88. The molecule has 0 radical (unpaired) electrons. The fraction of sp³-hybridized carbons (Fsp3) is 0.333. The van der Waals surface area contributed by atoms with Gasteiger partial charge >= 0.3 is 0 Å². The molecule has 19 heavy (non-hydrogen) atoms. The lowest BCUT2D eigenvalue weighted by Crippen LogP contribution is -2.34. The molecule has 1 heterocycles. The summed E-state index contributed by atoms with van der Waals surface area (Å²) < 4.78 is 0.747. The van der Waals surface area contributed by atoms with E-state index in [4.69, 9.17) is 23.2 Å². The quantitative estimate of drug-likeness (QED) is 0.836. The molecule has 0 spiro atoms. The molecule has 1 aromatic rings. The number of likely N-dealkylation sites (N-methyl/N-ethyl adjacent to an activating group) is 1. The van der Waals surface area contributed by atoms with Crippen LogP contribution in [0, 0.1) is 0 Å². The summed E-state index contributed by atoms with van der Waals surface area (Å²) >= 11 is 15.4. The Morgan fingerprint density at radius 2 is 1.95 bits per heavy atom. The van der Waals surface area contributed by atoms with Gasteiger partial charge in [-0.25, -0.2) is 0 Å². The van der Waals surface area contributed by atoms with Crippen molar-refractivity contribution in [3.05, 3.63) is 26.7 Å². The molecular weight excluding hydrogens is 355 g/mol. The standard InChI is InChI=1S/C12H11BrCl2N2O2/c1-2-17-10(18)5-9(12(17)19)16-11-7(14)3-6(13)4-8(11)15/h3-4,9,16H,2,5H2,1H3. The van der Waals surface area contributed by atoms with Gasteiger partial charge in [-0.3, -0.25) is 14.5 Å². The molecule has 0 aliphatic carbocycles. The second-order valence-electron chi connectivity index (χ2n) is 4.12. The largest absolute Gasteiger partial charge is 0.371 e. The van der Waals surface area contributed by atoms with Crippen LogP contribution in [0.4, 0.5) is 5.69 Å². The zero-order valence-corrected chi connectivity index (χ0v) is 13.1. The Morgan fingerprint density at radius 3 is 2.42 bits per heavy atom. The van der Waals surface area contributed by atoms with E-state index in [1.54, 1.807) is 19.1 Å². The molecule has 1 aliphatic heterocycles. The van der Waals surface area contributed by atoms with Crippen molar-refractivity contribution in [2.45, 2.75) is 19.4 Å². The zero-order chi connectivity index (χ0) is 14.2. The van der Waals surface area contributed by atoms with Crippen molar-refractivity contribution in [3.63, 3.8) is 0 Å². The minimum absolute atomic E-state index is 0.120. The van der Waals surface area contributed by atoms with Crippen LogP contribution >= 0.6 is 39.1 Å². The summed E-state index contributed by atoms with van der Waals surface area (Å²) in [6.07, 6.45) is 0.120. The first-order valence-electron chi connectivity index (χ1n) is 5.69. The van der Waals surface area contributed by atoms with E-state index < -0.39 is 6.04 Å². The van der Waals surface area contributed by atoms with Gasteiger partial charge in [-0.1, -0.05) is 39.1 Å². The number of anilines is 1. The predicted molar refractivity (Wildman–Crippen MR) is 78.6 cm³/mol. The highest BCUT2D eigenvalue weighted by Gasteiger charge is 2.37. The second kappa shape index (κ2) is 5.69. The Kier molecular flexibility index (Phi) is 4.38. The maximum absolute atomic E-state index is 12.0. The van der Waals surface area contributed by atoms with E-state index in [0.717, 1.165) is 4.47 Å². The van der Waals surface area contributed by atoms with Crippen LogP contribution in [0.5, 0.6) is 0 Å². The van der Waals surface area contributed by atoms with E-state index in [9.17, 15) is 9.59 Å². The SMILES string of the molecule is CCN1C(=O)CC(Nc2c(Cl)cc(Br)cc2Cl)C1=O. The molecule has 1 N–H and O–H groups in total. The number of hydrogen-bond donors (Lipinski definition) is 1. The lowest BCUT2D eigenvalue weighted by atomic mass is 10.2. The van der Waals surface area contributed by atoms with Crippen molar-refractivity contribution < 1.29 is 9.59 Å². The summed E-state index contributed by atoms with van der Waals surface area (Å²) in [7, 11) is 0. The van der Waals surface area contributed by atoms with Crippen LogP contribution in [0.3, 0.4) is 0 Å². The summed E-state index contributed by atoms with van der Waals surface area (Å²) in [5.74, 6) is -0.433. The molecule has 1 saturated heterocycles. The van der Waals surface area contributed by atoms with Crippen LogP contribution in [-0.4, -0.2) is 29.3 Å². The minimum atomic E-state index is -0.608. The third-order valence-corrected chi connectivity index (χ3v) is 3.94. The van der Waals surface area contributed by atoms with Crippen molar-refractivity contribution in [2.24, 2.45) is 0 Å². The fourth-order valence-corrected chi connectivity index (χ4v) is 3.30. The molecule has 2 amide bonds. The van der Waals surface area contributed by atoms with Gasteiger partial charge < -0.3 is 5.32 Å². The number of carbonyl (C=O) groups is 2. The predicted octanol–water partition coefficient (Wildman–Crippen LogP) is 3.32. The molecule has 102 valence electrons. The lowest BCUT2D eigenvalue weighted by molar-refractivity contribution is -0.138. The molecule has 1 aromatic carbocycles. The van der Waals surface area contributed by atoms with Crippen LogP contribution in [0.25, 0.3) is 0 Å². The van der Waals surface area contributed by atoms with Gasteiger partial charge in [-0.05, 0) is 19.1 Å². The minimum Gasteiger partial charge on any atom is -0.371 e. The van der Waals surface area contributed by atoms with E-state index in [1.807, 2.05) is 0 Å². The Morgan fingerprint density at radius 1 is 1.37 bits per heavy atom. The molecule has 1 fully saturated rings. The average Bonchev–Trinajstić information content (AvgIpc) is 2.58. The summed E-state index contributed by atoms with van der Waals surface area (Å²) in [6.45, 7) is 2.13. The number of nitrogens with zero attached hydrogens (tertiary/aromatic N) is 1. The van der Waals surface area contributed by atoms with Crippen LogP contribution < -0.4 is 5.32 Å². The molecule has 0 saturated carbocycles. The monoisotopic (exact) mass is 364 g/mol. The van der Waals surface area contributed by atoms with Crippen molar-refractivity contribution in [1.29, 1.82) is 0 Å². The van der Waals surface area contributed by atoms with Crippen LogP contribution in [0.15, 0.2) is 16.6 Å². The molecular formula is C12H11BrCl2N2O2. The number of nitrogens with one attached hydrogen (secondary N) is 1. The zero-order valence-electron chi connectivity index (χ0n) is 10.0. The van der Waals surface area contributed by atoms with Crippen molar-refractivity contribution >= 4 is 56.6 Å². The van der Waals surface area contributed by atoms with Gasteiger partial charge in [-0.2, -0.15) is 0 Å². The second-order valence-corrected chi connectivity index (χ2v) is 5.85. The number of amides is 2. The first-order chi connectivity index (χ1) is 8.93. The first kappa shape index (κ1) is 14.6. The third-order valence-electron chi connectivity index (χ3n) is 2.89. The molecule has 4 nitrogen and oxygen atoms in total. The van der Waals surface area contributed by atoms with E-state index in [1.165, 1.54) is 4.90 Å². The summed E-state index contributed by atoms with van der Waals surface area (Å²) in [5.41, 5.74) is 0.468. The van der Waals surface area contributed by atoms with Crippen LogP contribution in [0.2, 0.25) is 10.0 Å². The van der Waals surface area contributed by atoms with Crippen molar-refractivity contribution in [3.8, 4) is 0 Å². The number of halogens is 3. The smallest absolute Gasteiger partial charge is 0.252 e.